The first-order valence-corrected chi connectivity index (χ1v) is 6.95. The van der Waals surface area contributed by atoms with Crippen LogP contribution in [0.4, 0.5) is 0 Å². The molecule has 4 nitrogen and oxygen atoms in total. The Kier molecular flexibility index (Phi) is 4.19. The highest BCUT2D eigenvalue weighted by molar-refractivity contribution is 5.73. The zero-order chi connectivity index (χ0) is 14.5. The highest BCUT2D eigenvalue weighted by Crippen LogP contribution is 2.09. The van der Waals surface area contributed by atoms with E-state index in [0.29, 0.717) is 6.54 Å². The minimum Gasteiger partial charge on any atom is -0.392 e. The number of hydrogen-bond donors (Lipinski definition) is 2. The Balaban J connectivity index is 1.63. The molecule has 3 aromatic rings. The third kappa shape index (κ3) is 3.42. The van der Waals surface area contributed by atoms with Gasteiger partial charge in [0.15, 0.2) is 0 Å². The Morgan fingerprint density at radius 2 is 1.71 bits per heavy atom. The molecule has 21 heavy (non-hydrogen) atoms. The van der Waals surface area contributed by atoms with Gasteiger partial charge in [0.2, 0.25) is 0 Å². The molecule has 3 rings (SSSR count). The molecule has 1 aromatic heterocycles. The van der Waals surface area contributed by atoms with Crippen molar-refractivity contribution >= 4 is 11.0 Å². The van der Waals surface area contributed by atoms with Crippen molar-refractivity contribution in [2.75, 3.05) is 0 Å². The summed E-state index contributed by atoms with van der Waals surface area (Å²) in [5.74, 6) is 0. The van der Waals surface area contributed by atoms with Crippen LogP contribution in [-0.2, 0) is 19.7 Å². The molecule has 1 heterocycles. The predicted molar refractivity (Wildman–Crippen MR) is 82.4 cm³/mol. The monoisotopic (exact) mass is 279 g/mol. The second-order valence-corrected chi connectivity index (χ2v) is 4.93. The molecule has 2 N–H and O–H groups in total. The van der Waals surface area contributed by atoms with Crippen molar-refractivity contribution in [2.45, 2.75) is 19.7 Å². The Morgan fingerprint density at radius 1 is 0.905 bits per heavy atom. The molecule has 0 bridgehead atoms. The number of aromatic nitrogens is 2. The fraction of sp³-hybridized carbons (Fsp3) is 0.176. The first-order chi connectivity index (χ1) is 10.3. The van der Waals surface area contributed by atoms with E-state index in [1.807, 2.05) is 48.5 Å². The van der Waals surface area contributed by atoms with E-state index in [4.69, 9.17) is 5.11 Å². The molecule has 0 radical (unpaired) electrons. The lowest BCUT2D eigenvalue weighted by Crippen LogP contribution is -2.14. The fourth-order valence-corrected chi connectivity index (χ4v) is 2.25. The third-order valence-corrected chi connectivity index (χ3v) is 3.31. The maximum absolute atomic E-state index is 9.13. The summed E-state index contributed by atoms with van der Waals surface area (Å²) in [6.45, 7) is 1.48. The van der Waals surface area contributed by atoms with Crippen molar-refractivity contribution < 1.29 is 5.11 Å². The van der Waals surface area contributed by atoms with Crippen molar-refractivity contribution in [1.29, 1.82) is 0 Å². The van der Waals surface area contributed by atoms with Gasteiger partial charge in [-0.05, 0) is 23.3 Å². The van der Waals surface area contributed by atoms with Crippen LogP contribution in [0.25, 0.3) is 11.0 Å². The number of hydrogen-bond acceptors (Lipinski definition) is 4. The van der Waals surface area contributed by atoms with Gasteiger partial charge in [-0.3, -0.25) is 4.98 Å². The maximum atomic E-state index is 9.13. The number of benzene rings is 2. The van der Waals surface area contributed by atoms with Crippen LogP contribution in [0.2, 0.25) is 0 Å². The van der Waals surface area contributed by atoms with Crippen molar-refractivity contribution in [3.8, 4) is 0 Å². The molecule has 0 atom stereocenters. The van der Waals surface area contributed by atoms with Crippen LogP contribution < -0.4 is 5.32 Å². The van der Waals surface area contributed by atoms with Gasteiger partial charge in [0, 0.05) is 13.1 Å². The van der Waals surface area contributed by atoms with E-state index < -0.39 is 0 Å². The molecule has 0 amide bonds. The summed E-state index contributed by atoms with van der Waals surface area (Å²) in [5.41, 5.74) is 4.83. The second-order valence-electron chi connectivity index (χ2n) is 4.93. The Morgan fingerprint density at radius 3 is 2.57 bits per heavy atom. The lowest BCUT2D eigenvalue weighted by atomic mass is 10.1. The van der Waals surface area contributed by atoms with Gasteiger partial charge in [-0.15, -0.1) is 0 Å². The van der Waals surface area contributed by atoms with E-state index >= 15 is 0 Å². The zero-order valence-corrected chi connectivity index (χ0v) is 11.7. The van der Waals surface area contributed by atoms with Crippen molar-refractivity contribution in [3.05, 3.63) is 71.5 Å². The number of nitrogens with zero attached hydrogens (tertiary/aromatic N) is 2. The van der Waals surface area contributed by atoms with Crippen LogP contribution >= 0.6 is 0 Å². The Hall–Kier alpha value is -2.30. The van der Waals surface area contributed by atoms with E-state index in [1.165, 1.54) is 0 Å². The Labute approximate surface area is 123 Å². The van der Waals surface area contributed by atoms with Gasteiger partial charge in [0.1, 0.15) is 0 Å². The molecule has 4 heteroatoms. The first kappa shape index (κ1) is 13.7. The maximum Gasteiger partial charge on any atom is 0.0890 e. The van der Waals surface area contributed by atoms with E-state index in [0.717, 1.165) is 34.4 Å². The molecule has 0 fully saturated rings. The van der Waals surface area contributed by atoms with Gasteiger partial charge in [-0.2, -0.15) is 0 Å². The van der Waals surface area contributed by atoms with Gasteiger partial charge in [0.05, 0.1) is 29.5 Å². The Bertz CT molecular complexity index is 743. The number of rotatable bonds is 5. The number of fused-ring (bicyclic) bond motifs is 1. The highest BCUT2D eigenvalue weighted by atomic mass is 16.3. The van der Waals surface area contributed by atoms with Crippen molar-refractivity contribution in [2.24, 2.45) is 0 Å². The molecule has 0 aliphatic carbocycles. The van der Waals surface area contributed by atoms with Crippen LogP contribution in [0.3, 0.4) is 0 Å². The summed E-state index contributed by atoms with van der Waals surface area (Å²) < 4.78 is 0. The van der Waals surface area contributed by atoms with E-state index in [9.17, 15) is 0 Å². The number of nitrogens with one attached hydrogen (secondary N) is 1. The molecule has 2 aromatic carbocycles. The summed E-state index contributed by atoms with van der Waals surface area (Å²) >= 11 is 0. The lowest BCUT2D eigenvalue weighted by molar-refractivity contribution is 0.281. The van der Waals surface area contributed by atoms with Crippen LogP contribution in [0, 0.1) is 0 Å². The van der Waals surface area contributed by atoms with E-state index in [1.54, 1.807) is 6.20 Å². The number of para-hydroxylation sites is 2. The van der Waals surface area contributed by atoms with Gasteiger partial charge in [-0.25, -0.2) is 4.98 Å². The summed E-state index contributed by atoms with van der Waals surface area (Å²) in [7, 11) is 0. The largest absolute Gasteiger partial charge is 0.392 e. The normalized spacial score (nSPS) is 10.9. The first-order valence-electron chi connectivity index (χ1n) is 6.95. The minimum atomic E-state index is 0.0734. The molecular weight excluding hydrogens is 262 g/mol. The SMILES string of the molecule is OCc1cccc(CNCc2cnc3ccccc3n2)c1. The number of aliphatic hydroxyl groups is 1. The summed E-state index contributed by atoms with van der Waals surface area (Å²) in [5, 5.41) is 12.5. The average Bonchev–Trinajstić information content (AvgIpc) is 2.55. The average molecular weight is 279 g/mol. The topological polar surface area (TPSA) is 58.0 Å². The van der Waals surface area contributed by atoms with Crippen molar-refractivity contribution in [1.82, 2.24) is 15.3 Å². The molecule has 0 spiro atoms. The van der Waals surface area contributed by atoms with E-state index in [-0.39, 0.29) is 6.61 Å². The van der Waals surface area contributed by atoms with Gasteiger partial charge in [-0.1, -0.05) is 36.4 Å². The van der Waals surface area contributed by atoms with Crippen LogP contribution in [0.5, 0.6) is 0 Å². The molecule has 0 aliphatic rings. The summed E-state index contributed by atoms with van der Waals surface area (Å²) in [6.07, 6.45) is 1.81. The lowest BCUT2D eigenvalue weighted by Gasteiger charge is -2.06. The smallest absolute Gasteiger partial charge is 0.0890 e. The molecular formula is C17H17N3O. The van der Waals surface area contributed by atoms with Crippen LogP contribution in [0.15, 0.2) is 54.7 Å². The standard InChI is InChI=1S/C17H17N3O/c21-12-14-5-3-4-13(8-14)9-18-10-15-11-19-16-6-1-2-7-17(16)20-15/h1-8,11,18,21H,9-10,12H2. The van der Waals surface area contributed by atoms with Gasteiger partial charge in [0.25, 0.3) is 0 Å². The third-order valence-electron chi connectivity index (χ3n) is 3.31. The van der Waals surface area contributed by atoms with Crippen LogP contribution in [0.1, 0.15) is 16.8 Å². The van der Waals surface area contributed by atoms with Crippen molar-refractivity contribution in [3.63, 3.8) is 0 Å². The zero-order valence-electron chi connectivity index (χ0n) is 11.7. The predicted octanol–water partition coefficient (Wildman–Crippen LogP) is 2.41. The summed E-state index contributed by atoms with van der Waals surface area (Å²) in [6, 6.07) is 15.8. The summed E-state index contributed by atoms with van der Waals surface area (Å²) in [4.78, 5) is 8.97. The van der Waals surface area contributed by atoms with Gasteiger partial charge < -0.3 is 10.4 Å². The molecule has 0 saturated carbocycles. The quantitative estimate of drug-likeness (QED) is 0.753. The van der Waals surface area contributed by atoms with E-state index in [2.05, 4.69) is 15.3 Å². The van der Waals surface area contributed by atoms with Crippen LogP contribution in [-0.4, -0.2) is 15.1 Å². The minimum absolute atomic E-state index is 0.0734. The fourth-order valence-electron chi connectivity index (χ4n) is 2.25. The molecule has 0 aliphatic heterocycles. The highest BCUT2D eigenvalue weighted by Gasteiger charge is 2.00. The van der Waals surface area contributed by atoms with Gasteiger partial charge >= 0.3 is 0 Å². The second kappa shape index (κ2) is 6.43. The molecule has 0 saturated heterocycles. The molecule has 0 unspecified atom stereocenters. The number of aliphatic hydroxyl groups excluding tert-OH is 1. The molecule has 106 valence electrons.